The number of benzene rings is 1. The fraction of sp³-hybridized carbons (Fsp3) is 0.600. The topological polar surface area (TPSA) is 21.3 Å². The van der Waals surface area contributed by atoms with Gasteiger partial charge in [0.15, 0.2) is 0 Å². The largest absolute Gasteiger partial charge is 0.375 e. The van der Waals surface area contributed by atoms with E-state index in [9.17, 15) is 0 Å². The van der Waals surface area contributed by atoms with Gasteiger partial charge in [-0.05, 0) is 40.2 Å². The van der Waals surface area contributed by atoms with E-state index in [-0.39, 0.29) is 5.60 Å². The third-order valence-corrected chi connectivity index (χ3v) is 2.67. The predicted octanol–water partition coefficient (Wildman–Crippen LogP) is 3.46. The fourth-order valence-electron chi connectivity index (χ4n) is 1.61. The number of hydrogen-bond acceptors (Lipinski definition) is 2. The summed E-state index contributed by atoms with van der Waals surface area (Å²) in [6.07, 6.45) is 0. The van der Waals surface area contributed by atoms with Gasteiger partial charge in [0.05, 0.1) is 12.2 Å². The standard InChI is InChI=1S/C15H25NO/c1-12-6-8-14(9-7-12)13(2)16-10-11-17-15(3,4)5/h6-9,13,16H,10-11H2,1-5H3/t13-/m0/s1. The maximum absolute atomic E-state index is 5.67. The van der Waals surface area contributed by atoms with Crippen LogP contribution in [-0.4, -0.2) is 18.8 Å². The maximum Gasteiger partial charge on any atom is 0.0599 e. The van der Waals surface area contributed by atoms with Crippen molar-refractivity contribution in [2.45, 2.75) is 46.3 Å². The van der Waals surface area contributed by atoms with Crippen LogP contribution in [0.25, 0.3) is 0 Å². The summed E-state index contributed by atoms with van der Waals surface area (Å²) in [6, 6.07) is 9.03. The van der Waals surface area contributed by atoms with Gasteiger partial charge in [-0.15, -0.1) is 0 Å². The molecule has 0 aliphatic carbocycles. The second kappa shape index (κ2) is 6.18. The van der Waals surface area contributed by atoms with Gasteiger partial charge in [-0.3, -0.25) is 0 Å². The number of hydrogen-bond donors (Lipinski definition) is 1. The van der Waals surface area contributed by atoms with Crippen molar-refractivity contribution in [3.05, 3.63) is 35.4 Å². The molecule has 0 saturated heterocycles. The number of nitrogens with one attached hydrogen (secondary N) is 1. The zero-order valence-electron chi connectivity index (χ0n) is 11.7. The van der Waals surface area contributed by atoms with Crippen LogP contribution in [0.3, 0.4) is 0 Å². The van der Waals surface area contributed by atoms with E-state index < -0.39 is 0 Å². The van der Waals surface area contributed by atoms with Crippen molar-refractivity contribution in [3.8, 4) is 0 Å². The minimum absolute atomic E-state index is 0.0468. The number of ether oxygens (including phenoxy) is 1. The average molecular weight is 235 g/mol. The molecule has 2 heteroatoms. The van der Waals surface area contributed by atoms with E-state index in [1.807, 2.05) is 0 Å². The highest BCUT2D eigenvalue weighted by Crippen LogP contribution is 2.12. The molecule has 0 heterocycles. The molecule has 0 unspecified atom stereocenters. The molecule has 1 aromatic carbocycles. The van der Waals surface area contributed by atoms with Gasteiger partial charge in [0.1, 0.15) is 0 Å². The zero-order valence-corrected chi connectivity index (χ0v) is 11.7. The van der Waals surface area contributed by atoms with E-state index >= 15 is 0 Å². The van der Waals surface area contributed by atoms with E-state index in [0.29, 0.717) is 6.04 Å². The van der Waals surface area contributed by atoms with Crippen LogP contribution in [0.4, 0.5) is 0 Å². The Bertz CT molecular complexity index is 324. The molecule has 96 valence electrons. The van der Waals surface area contributed by atoms with Crippen molar-refractivity contribution >= 4 is 0 Å². The highest BCUT2D eigenvalue weighted by Gasteiger charge is 2.09. The normalized spacial score (nSPS) is 13.7. The summed E-state index contributed by atoms with van der Waals surface area (Å²) in [7, 11) is 0. The third kappa shape index (κ3) is 5.85. The zero-order chi connectivity index (χ0) is 12.9. The molecule has 17 heavy (non-hydrogen) atoms. The molecule has 1 atom stereocenters. The second-order valence-electron chi connectivity index (χ2n) is 5.55. The molecule has 0 aliphatic heterocycles. The first kappa shape index (κ1) is 14.2. The Morgan fingerprint density at radius 1 is 1.18 bits per heavy atom. The first-order valence-corrected chi connectivity index (χ1v) is 6.32. The van der Waals surface area contributed by atoms with Crippen molar-refractivity contribution in [1.29, 1.82) is 0 Å². The molecule has 0 radical (unpaired) electrons. The Hall–Kier alpha value is -0.860. The lowest BCUT2D eigenvalue weighted by atomic mass is 10.1. The van der Waals surface area contributed by atoms with Gasteiger partial charge in [-0.2, -0.15) is 0 Å². The van der Waals surface area contributed by atoms with Crippen LogP contribution in [0.1, 0.15) is 44.9 Å². The maximum atomic E-state index is 5.67. The van der Waals surface area contributed by atoms with Crippen LogP contribution >= 0.6 is 0 Å². The number of aryl methyl sites for hydroxylation is 1. The first-order chi connectivity index (χ1) is 7.88. The SMILES string of the molecule is Cc1ccc([C@H](C)NCCOC(C)(C)C)cc1. The van der Waals surface area contributed by atoms with Crippen LogP contribution in [0.5, 0.6) is 0 Å². The van der Waals surface area contributed by atoms with E-state index in [0.717, 1.165) is 13.2 Å². The molecule has 0 aliphatic rings. The molecule has 0 fully saturated rings. The summed E-state index contributed by atoms with van der Waals surface area (Å²) < 4.78 is 5.67. The summed E-state index contributed by atoms with van der Waals surface area (Å²) in [5, 5.41) is 3.47. The van der Waals surface area contributed by atoms with Crippen molar-refractivity contribution in [2.24, 2.45) is 0 Å². The Balaban J connectivity index is 2.30. The van der Waals surface area contributed by atoms with Gasteiger partial charge in [0, 0.05) is 12.6 Å². The van der Waals surface area contributed by atoms with E-state index in [2.05, 4.69) is 64.2 Å². The summed E-state index contributed by atoms with van der Waals surface area (Å²) in [5.74, 6) is 0. The van der Waals surface area contributed by atoms with Crippen LogP contribution in [0.15, 0.2) is 24.3 Å². The van der Waals surface area contributed by atoms with Crippen molar-refractivity contribution in [2.75, 3.05) is 13.2 Å². The minimum Gasteiger partial charge on any atom is -0.375 e. The summed E-state index contributed by atoms with van der Waals surface area (Å²) in [5.41, 5.74) is 2.58. The van der Waals surface area contributed by atoms with Crippen molar-refractivity contribution < 1.29 is 4.74 Å². The van der Waals surface area contributed by atoms with Gasteiger partial charge in [-0.25, -0.2) is 0 Å². The van der Waals surface area contributed by atoms with Gasteiger partial charge >= 0.3 is 0 Å². The average Bonchev–Trinajstić information content (AvgIpc) is 2.24. The van der Waals surface area contributed by atoms with Crippen LogP contribution in [-0.2, 0) is 4.74 Å². The lowest BCUT2D eigenvalue weighted by Gasteiger charge is -2.21. The van der Waals surface area contributed by atoms with Gasteiger partial charge in [-0.1, -0.05) is 29.8 Å². The van der Waals surface area contributed by atoms with E-state index in [4.69, 9.17) is 4.74 Å². The molecule has 1 N–H and O–H groups in total. The van der Waals surface area contributed by atoms with E-state index in [1.54, 1.807) is 0 Å². The molecule has 1 aromatic rings. The smallest absolute Gasteiger partial charge is 0.0599 e. The summed E-state index contributed by atoms with van der Waals surface area (Å²) in [6.45, 7) is 12.2. The molecule has 0 saturated carbocycles. The summed E-state index contributed by atoms with van der Waals surface area (Å²) >= 11 is 0. The van der Waals surface area contributed by atoms with Crippen LogP contribution in [0, 0.1) is 6.92 Å². The van der Waals surface area contributed by atoms with Crippen LogP contribution in [0.2, 0.25) is 0 Å². The third-order valence-electron chi connectivity index (χ3n) is 2.67. The lowest BCUT2D eigenvalue weighted by molar-refractivity contribution is -0.00149. The second-order valence-corrected chi connectivity index (χ2v) is 5.55. The monoisotopic (exact) mass is 235 g/mol. The Morgan fingerprint density at radius 3 is 2.29 bits per heavy atom. The quantitative estimate of drug-likeness (QED) is 0.789. The first-order valence-electron chi connectivity index (χ1n) is 6.32. The molecule has 0 amide bonds. The molecule has 1 rings (SSSR count). The molecule has 0 bridgehead atoms. The molecule has 0 spiro atoms. The molecule has 2 nitrogen and oxygen atoms in total. The van der Waals surface area contributed by atoms with E-state index in [1.165, 1.54) is 11.1 Å². The van der Waals surface area contributed by atoms with Crippen molar-refractivity contribution in [1.82, 2.24) is 5.32 Å². The summed E-state index contributed by atoms with van der Waals surface area (Å²) in [4.78, 5) is 0. The van der Waals surface area contributed by atoms with Gasteiger partial charge < -0.3 is 10.1 Å². The Morgan fingerprint density at radius 2 is 1.76 bits per heavy atom. The Kier molecular flexibility index (Phi) is 5.16. The molecular weight excluding hydrogens is 210 g/mol. The molecular formula is C15H25NO. The van der Waals surface area contributed by atoms with Gasteiger partial charge in [0.2, 0.25) is 0 Å². The van der Waals surface area contributed by atoms with Crippen LogP contribution < -0.4 is 5.32 Å². The van der Waals surface area contributed by atoms with Crippen molar-refractivity contribution in [3.63, 3.8) is 0 Å². The predicted molar refractivity (Wildman–Crippen MR) is 73.3 cm³/mol. The highest BCUT2D eigenvalue weighted by molar-refractivity contribution is 5.23. The number of rotatable bonds is 5. The fourth-order valence-corrected chi connectivity index (χ4v) is 1.61. The Labute approximate surface area is 105 Å². The van der Waals surface area contributed by atoms with Gasteiger partial charge in [0.25, 0.3) is 0 Å². The highest BCUT2D eigenvalue weighted by atomic mass is 16.5. The minimum atomic E-state index is -0.0468. The lowest BCUT2D eigenvalue weighted by Crippen LogP contribution is -2.28. The molecule has 0 aromatic heterocycles.